The number of carbonyl (C=O) groups excluding carboxylic acids is 1. The fraction of sp³-hybridized carbons (Fsp3) is 0. The van der Waals surface area contributed by atoms with E-state index < -0.39 is 0 Å². The van der Waals surface area contributed by atoms with Crippen LogP contribution >= 0.6 is 0 Å². The van der Waals surface area contributed by atoms with Gasteiger partial charge in [0.1, 0.15) is 0 Å². The monoisotopic (exact) mass is 205 g/mol. The molecule has 3 aromatic rings. The molecule has 0 bridgehead atoms. The van der Waals surface area contributed by atoms with Gasteiger partial charge in [0.05, 0.1) is 0 Å². The Hall–Kier alpha value is -2.15. The largest absolute Gasteiger partial charge is 0.285 e. The lowest BCUT2D eigenvalue weighted by molar-refractivity contribution is 0.563. The summed E-state index contributed by atoms with van der Waals surface area (Å²) < 4.78 is 0. The normalized spacial score (nSPS) is 10.8. The third-order valence-electron chi connectivity index (χ3n) is 2.82. The van der Waals surface area contributed by atoms with Crippen molar-refractivity contribution in [3.63, 3.8) is 0 Å². The Morgan fingerprint density at radius 1 is 0.688 bits per heavy atom. The molecule has 16 heavy (non-hydrogen) atoms. The molecule has 3 aromatic carbocycles. The van der Waals surface area contributed by atoms with Gasteiger partial charge >= 0.3 is 0 Å². The highest BCUT2D eigenvalue weighted by atomic mass is 16.1. The van der Waals surface area contributed by atoms with E-state index in [1.54, 1.807) is 6.07 Å². The Balaban J connectivity index is 2.41. The average Bonchev–Trinajstić information content (AvgIpc) is 2.35. The van der Waals surface area contributed by atoms with Gasteiger partial charge in [-0.05, 0) is 39.7 Å². The quantitative estimate of drug-likeness (QED) is 0.556. The molecular formula is C15H9O. The second-order valence-electron chi connectivity index (χ2n) is 3.86. The number of hydrogen-bond donors (Lipinski definition) is 0. The van der Waals surface area contributed by atoms with Gasteiger partial charge in [-0.15, -0.1) is 0 Å². The van der Waals surface area contributed by atoms with Gasteiger partial charge in [0.2, 0.25) is 6.29 Å². The highest BCUT2D eigenvalue weighted by molar-refractivity contribution is 5.99. The first-order chi connectivity index (χ1) is 7.86. The lowest BCUT2D eigenvalue weighted by Crippen LogP contribution is -1.81. The van der Waals surface area contributed by atoms with E-state index in [1.807, 2.05) is 30.6 Å². The van der Waals surface area contributed by atoms with Crippen molar-refractivity contribution in [3.05, 3.63) is 60.2 Å². The van der Waals surface area contributed by atoms with Crippen molar-refractivity contribution in [1.29, 1.82) is 0 Å². The maximum atomic E-state index is 10.6. The van der Waals surface area contributed by atoms with E-state index >= 15 is 0 Å². The Morgan fingerprint density at radius 2 is 1.31 bits per heavy atom. The van der Waals surface area contributed by atoms with Crippen molar-refractivity contribution in [2.45, 2.75) is 0 Å². The zero-order chi connectivity index (χ0) is 11.0. The van der Waals surface area contributed by atoms with Crippen LogP contribution < -0.4 is 0 Å². The van der Waals surface area contributed by atoms with Gasteiger partial charge in [0, 0.05) is 5.56 Å². The molecule has 1 radical (unpaired) electrons. The maximum Gasteiger partial charge on any atom is 0.233 e. The molecule has 0 heterocycles. The summed E-state index contributed by atoms with van der Waals surface area (Å²) in [4.78, 5) is 10.6. The molecule has 0 amide bonds. The van der Waals surface area contributed by atoms with Gasteiger partial charge in [-0.2, -0.15) is 0 Å². The van der Waals surface area contributed by atoms with Crippen LogP contribution in [0, 0.1) is 0 Å². The first kappa shape index (κ1) is 9.10. The molecule has 0 saturated carbocycles. The maximum absolute atomic E-state index is 10.6. The van der Waals surface area contributed by atoms with E-state index in [0.717, 1.165) is 10.8 Å². The van der Waals surface area contributed by atoms with Gasteiger partial charge in [0.15, 0.2) is 0 Å². The molecule has 0 spiro atoms. The molecule has 0 unspecified atom stereocenters. The standard InChI is InChI=1S/C15H9O/c16-10-11-5-6-14-8-12-3-1-2-4-13(12)9-15(14)7-11/h1-9H. The molecule has 0 aliphatic heterocycles. The minimum atomic E-state index is 0.600. The van der Waals surface area contributed by atoms with Gasteiger partial charge in [-0.1, -0.05) is 36.4 Å². The van der Waals surface area contributed by atoms with Crippen molar-refractivity contribution < 1.29 is 4.79 Å². The number of hydrogen-bond acceptors (Lipinski definition) is 1. The highest BCUT2D eigenvalue weighted by Crippen LogP contribution is 2.23. The van der Waals surface area contributed by atoms with Crippen molar-refractivity contribution in [3.8, 4) is 0 Å². The minimum Gasteiger partial charge on any atom is -0.285 e. The van der Waals surface area contributed by atoms with Gasteiger partial charge < -0.3 is 0 Å². The van der Waals surface area contributed by atoms with Gasteiger partial charge in [-0.3, -0.25) is 4.79 Å². The Morgan fingerprint density at radius 3 is 2.00 bits per heavy atom. The van der Waals surface area contributed by atoms with Gasteiger partial charge in [-0.25, -0.2) is 0 Å². The Labute approximate surface area is 93.3 Å². The molecule has 0 fully saturated rings. The molecule has 1 heteroatoms. The fourth-order valence-electron chi connectivity index (χ4n) is 2.00. The van der Waals surface area contributed by atoms with Crippen LogP contribution in [0.5, 0.6) is 0 Å². The second-order valence-corrected chi connectivity index (χ2v) is 3.86. The highest BCUT2D eigenvalue weighted by Gasteiger charge is 1.99. The molecule has 0 aliphatic carbocycles. The molecule has 0 aliphatic rings. The van der Waals surface area contributed by atoms with Crippen LogP contribution in [-0.4, -0.2) is 6.29 Å². The van der Waals surface area contributed by atoms with E-state index in [4.69, 9.17) is 0 Å². The van der Waals surface area contributed by atoms with Crippen LogP contribution in [0.1, 0.15) is 5.56 Å². The smallest absolute Gasteiger partial charge is 0.233 e. The van der Waals surface area contributed by atoms with Crippen LogP contribution in [0.25, 0.3) is 21.5 Å². The number of benzene rings is 3. The third-order valence-corrected chi connectivity index (χ3v) is 2.82. The molecule has 75 valence electrons. The van der Waals surface area contributed by atoms with Crippen molar-refractivity contribution in [1.82, 2.24) is 0 Å². The molecule has 0 N–H and O–H groups in total. The average molecular weight is 205 g/mol. The van der Waals surface area contributed by atoms with Crippen LogP contribution in [0.2, 0.25) is 0 Å². The SMILES string of the molecule is O=[C]c1ccc2cc3ccccc3cc2c1. The number of rotatable bonds is 1. The lowest BCUT2D eigenvalue weighted by atomic mass is 10.0. The predicted molar refractivity (Wildman–Crippen MR) is 66.2 cm³/mol. The van der Waals surface area contributed by atoms with E-state index in [9.17, 15) is 4.79 Å². The van der Waals surface area contributed by atoms with Crippen LogP contribution in [0.15, 0.2) is 54.6 Å². The lowest BCUT2D eigenvalue weighted by Gasteiger charge is -2.02. The molecule has 0 atom stereocenters. The first-order valence-electron chi connectivity index (χ1n) is 5.17. The summed E-state index contributed by atoms with van der Waals surface area (Å²) in [5.74, 6) is 0. The summed E-state index contributed by atoms with van der Waals surface area (Å²) in [6.45, 7) is 0. The summed E-state index contributed by atoms with van der Waals surface area (Å²) in [5.41, 5.74) is 0.600. The Kier molecular flexibility index (Phi) is 1.97. The van der Waals surface area contributed by atoms with E-state index in [-0.39, 0.29) is 0 Å². The summed E-state index contributed by atoms with van der Waals surface area (Å²) in [6, 6.07) is 18.1. The zero-order valence-corrected chi connectivity index (χ0v) is 8.60. The molecular weight excluding hydrogens is 196 g/mol. The van der Waals surface area contributed by atoms with Crippen molar-refractivity contribution in [2.75, 3.05) is 0 Å². The van der Waals surface area contributed by atoms with Crippen molar-refractivity contribution in [2.24, 2.45) is 0 Å². The Bertz CT molecular complexity index is 683. The first-order valence-corrected chi connectivity index (χ1v) is 5.17. The molecule has 1 nitrogen and oxygen atoms in total. The molecule has 0 saturated heterocycles. The summed E-state index contributed by atoms with van der Waals surface area (Å²) >= 11 is 0. The topological polar surface area (TPSA) is 17.1 Å². The third kappa shape index (κ3) is 1.38. The number of fused-ring (bicyclic) bond motifs is 2. The summed E-state index contributed by atoms with van der Waals surface area (Å²) in [6.07, 6.45) is 1.92. The fourth-order valence-corrected chi connectivity index (χ4v) is 2.00. The van der Waals surface area contributed by atoms with Crippen LogP contribution in [0.3, 0.4) is 0 Å². The predicted octanol–water partition coefficient (Wildman–Crippen LogP) is 3.45. The van der Waals surface area contributed by atoms with E-state index in [2.05, 4.69) is 24.3 Å². The molecule has 0 aromatic heterocycles. The molecule has 3 rings (SSSR count). The second kappa shape index (κ2) is 3.46. The van der Waals surface area contributed by atoms with Crippen LogP contribution in [0.4, 0.5) is 0 Å². The van der Waals surface area contributed by atoms with Crippen molar-refractivity contribution >= 4 is 27.8 Å². The van der Waals surface area contributed by atoms with Gasteiger partial charge in [0.25, 0.3) is 0 Å². The summed E-state index contributed by atoms with van der Waals surface area (Å²) in [7, 11) is 0. The summed E-state index contributed by atoms with van der Waals surface area (Å²) in [5, 5.41) is 4.65. The van der Waals surface area contributed by atoms with E-state index in [0.29, 0.717) is 5.56 Å². The van der Waals surface area contributed by atoms with Crippen LogP contribution in [-0.2, 0) is 4.79 Å². The van der Waals surface area contributed by atoms with E-state index in [1.165, 1.54) is 10.8 Å². The zero-order valence-electron chi connectivity index (χ0n) is 8.60. The minimum absolute atomic E-state index is 0.600.